The van der Waals surface area contributed by atoms with Gasteiger partial charge in [-0.2, -0.15) is 0 Å². The van der Waals surface area contributed by atoms with Crippen LogP contribution in [0.4, 0.5) is 11.4 Å². The fourth-order valence-corrected chi connectivity index (χ4v) is 3.01. The average Bonchev–Trinajstić information content (AvgIpc) is 2.93. The fraction of sp³-hybridized carbons (Fsp3) is 0.562. The Morgan fingerprint density at radius 3 is 3.05 bits per heavy atom. The number of esters is 1. The summed E-state index contributed by atoms with van der Waals surface area (Å²) in [5.41, 5.74) is 8.06. The zero-order valence-corrected chi connectivity index (χ0v) is 12.5. The number of hydrogen-bond donors (Lipinski definition) is 2. The minimum Gasteiger partial charge on any atom is -0.462 e. The maximum Gasteiger partial charge on any atom is 0.340 e. The summed E-state index contributed by atoms with van der Waals surface area (Å²) in [6, 6.07) is 5.70. The van der Waals surface area contributed by atoms with E-state index in [1.165, 1.54) is 0 Å². The summed E-state index contributed by atoms with van der Waals surface area (Å²) >= 11 is 0. The van der Waals surface area contributed by atoms with Crippen LogP contribution in [0.15, 0.2) is 18.2 Å². The van der Waals surface area contributed by atoms with Crippen molar-refractivity contribution in [3.05, 3.63) is 23.8 Å². The number of carbonyl (C=O) groups is 1. The summed E-state index contributed by atoms with van der Waals surface area (Å²) in [5.74, 6) is -0.326. The Morgan fingerprint density at radius 2 is 2.33 bits per heavy atom. The number of nitrogens with two attached hydrogens (primary N) is 1. The molecule has 1 saturated heterocycles. The molecule has 1 aromatic rings. The highest BCUT2D eigenvalue weighted by atomic mass is 16.5. The van der Waals surface area contributed by atoms with Crippen molar-refractivity contribution in [2.45, 2.75) is 38.6 Å². The number of para-hydroxylation sites is 1. The predicted octanol–water partition coefficient (Wildman–Crippen LogP) is 2.19. The number of aliphatic hydroxyl groups is 1. The van der Waals surface area contributed by atoms with E-state index >= 15 is 0 Å². The van der Waals surface area contributed by atoms with Crippen LogP contribution in [0.1, 0.15) is 43.0 Å². The molecule has 1 atom stereocenters. The monoisotopic (exact) mass is 292 g/mol. The Balaban J connectivity index is 2.31. The fourth-order valence-electron chi connectivity index (χ4n) is 3.01. The highest BCUT2D eigenvalue weighted by Gasteiger charge is 2.29. The number of anilines is 2. The first-order chi connectivity index (χ1) is 10.2. The molecule has 2 rings (SSSR count). The molecule has 1 aliphatic heterocycles. The van der Waals surface area contributed by atoms with E-state index in [-0.39, 0.29) is 12.6 Å². The molecule has 1 heterocycles. The number of nitrogen functional groups attached to an aromatic ring is 1. The largest absolute Gasteiger partial charge is 0.462 e. The zero-order chi connectivity index (χ0) is 15.2. The minimum atomic E-state index is -0.326. The van der Waals surface area contributed by atoms with Crippen molar-refractivity contribution < 1.29 is 14.6 Å². The maximum absolute atomic E-state index is 12.2. The molecule has 0 saturated carbocycles. The van der Waals surface area contributed by atoms with E-state index < -0.39 is 0 Å². The number of rotatable bonds is 6. The second-order valence-electron chi connectivity index (χ2n) is 5.32. The standard InChI is InChI=1S/C16H24N2O3/c1-2-21-16(20)13-8-3-9-14(17)15(13)18-10-4-6-12(18)7-5-11-19/h3,8-9,12,19H,2,4-7,10-11,17H2,1H3. The summed E-state index contributed by atoms with van der Waals surface area (Å²) < 4.78 is 5.14. The summed E-state index contributed by atoms with van der Waals surface area (Å²) in [6.07, 6.45) is 3.82. The lowest BCUT2D eigenvalue weighted by atomic mass is 10.1. The van der Waals surface area contributed by atoms with E-state index in [2.05, 4.69) is 4.90 Å². The van der Waals surface area contributed by atoms with Gasteiger partial charge in [-0.3, -0.25) is 0 Å². The molecule has 0 bridgehead atoms. The van der Waals surface area contributed by atoms with Crippen molar-refractivity contribution in [3.8, 4) is 0 Å². The molecule has 0 radical (unpaired) electrons. The molecule has 3 N–H and O–H groups in total. The van der Waals surface area contributed by atoms with Crippen LogP contribution in [-0.4, -0.2) is 36.9 Å². The normalized spacial score (nSPS) is 18.0. The molecule has 1 unspecified atom stereocenters. The summed E-state index contributed by atoms with van der Waals surface area (Å²) in [4.78, 5) is 14.4. The van der Waals surface area contributed by atoms with E-state index in [1.54, 1.807) is 19.1 Å². The van der Waals surface area contributed by atoms with Crippen LogP contribution in [0.5, 0.6) is 0 Å². The Morgan fingerprint density at radius 1 is 1.52 bits per heavy atom. The molecular weight excluding hydrogens is 268 g/mol. The third kappa shape index (κ3) is 3.47. The maximum atomic E-state index is 12.2. The molecule has 1 aliphatic rings. The molecule has 5 heteroatoms. The van der Waals surface area contributed by atoms with E-state index in [1.807, 2.05) is 6.07 Å². The van der Waals surface area contributed by atoms with Crippen LogP contribution in [0.25, 0.3) is 0 Å². The van der Waals surface area contributed by atoms with Crippen LogP contribution >= 0.6 is 0 Å². The van der Waals surface area contributed by atoms with Gasteiger partial charge in [0.2, 0.25) is 0 Å². The van der Waals surface area contributed by atoms with Gasteiger partial charge in [0.1, 0.15) is 0 Å². The Kier molecular flexibility index (Phi) is 5.44. The SMILES string of the molecule is CCOC(=O)c1cccc(N)c1N1CCCC1CCCO. The van der Waals surface area contributed by atoms with Crippen molar-refractivity contribution in [1.29, 1.82) is 0 Å². The molecule has 21 heavy (non-hydrogen) atoms. The Hall–Kier alpha value is -1.75. The van der Waals surface area contributed by atoms with Gasteiger partial charge in [0.25, 0.3) is 0 Å². The van der Waals surface area contributed by atoms with Gasteiger partial charge in [-0.1, -0.05) is 6.07 Å². The van der Waals surface area contributed by atoms with Gasteiger partial charge in [0, 0.05) is 19.2 Å². The lowest BCUT2D eigenvalue weighted by molar-refractivity contribution is 0.0527. The van der Waals surface area contributed by atoms with Gasteiger partial charge in [0.15, 0.2) is 0 Å². The first-order valence-electron chi connectivity index (χ1n) is 7.62. The number of nitrogens with zero attached hydrogens (tertiary/aromatic N) is 1. The van der Waals surface area contributed by atoms with Gasteiger partial charge in [-0.15, -0.1) is 0 Å². The van der Waals surface area contributed by atoms with Crippen molar-refractivity contribution in [2.75, 3.05) is 30.4 Å². The molecule has 0 aliphatic carbocycles. The van der Waals surface area contributed by atoms with E-state index in [0.29, 0.717) is 23.9 Å². The van der Waals surface area contributed by atoms with Gasteiger partial charge in [-0.25, -0.2) is 4.79 Å². The first kappa shape index (κ1) is 15.6. The van der Waals surface area contributed by atoms with Gasteiger partial charge in [0.05, 0.1) is 23.5 Å². The molecule has 0 spiro atoms. The number of aliphatic hydroxyl groups excluding tert-OH is 1. The topological polar surface area (TPSA) is 75.8 Å². The molecule has 0 aromatic heterocycles. The van der Waals surface area contributed by atoms with Crippen LogP contribution < -0.4 is 10.6 Å². The first-order valence-corrected chi connectivity index (χ1v) is 7.62. The van der Waals surface area contributed by atoms with Gasteiger partial charge >= 0.3 is 5.97 Å². The summed E-state index contributed by atoms with van der Waals surface area (Å²) in [7, 11) is 0. The second-order valence-corrected chi connectivity index (χ2v) is 5.32. The minimum absolute atomic E-state index is 0.194. The van der Waals surface area contributed by atoms with E-state index in [9.17, 15) is 4.79 Å². The average molecular weight is 292 g/mol. The Bertz CT molecular complexity index is 490. The van der Waals surface area contributed by atoms with Crippen LogP contribution in [0.2, 0.25) is 0 Å². The number of carbonyl (C=O) groups excluding carboxylic acids is 1. The summed E-state index contributed by atoms with van der Waals surface area (Å²) in [5, 5.41) is 9.03. The van der Waals surface area contributed by atoms with Gasteiger partial charge < -0.3 is 20.5 Å². The molecule has 5 nitrogen and oxygen atoms in total. The Labute approximate surface area is 125 Å². The van der Waals surface area contributed by atoms with Crippen LogP contribution in [0.3, 0.4) is 0 Å². The van der Waals surface area contributed by atoms with Crippen molar-refractivity contribution in [2.24, 2.45) is 0 Å². The molecule has 116 valence electrons. The lowest BCUT2D eigenvalue weighted by Crippen LogP contribution is -2.31. The quantitative estimate of drug-likeness (QED) is 0.621. The number of benzene rings is 1. The zero-order valence-electron chi connectivity index (χ0n) is 12.5. The van der Waals surface area contributed by atoms with Crippen molar-refractivity contribution in [3.63, 3.8) is 0 Å². The molecule has 1 fully saturated rings. The lowest BCUT2D eigenvalue weighted by Gasteiger charge is -2.29. The molecular formula is C16H24N2O3. The van der Waals surface area contributed by atoms with Crippen LogP contribution in [-0.2, 0) is 4.74 Å². The third-order valence-corrected chi connectivity index (χ3v) is 3.92. The predicted molar refractivity (Wildman–Crippen MR) is 83.5 cm³/mol. The van der Waals surface area contributed by atoms with Crippen molar-refractivity contribution >= 4 is 17.3 Å². The third-order valence-electron chi connectivity index (χ3n) is 3.92. The smallest absolute Gasteiger partial charge is 0.340 e. The molecule has 1 aromatic carbocycles. The molecule has 0 amide bonds. The second kappa shape index (κ2) is 7.31. The van der Waals surface area contributed by atoms with E-state index in [0.717, 1.165) is 37.9 Å². The van der Waals surface area contributed by atoms with E-state index in [4.69, 9.17) is 15.6 Å². The number of ether oxygens (including phenoxy) is 1. The van der Waals surface area contributed by atoms with Gasteiger partial charge in [-0.05, 0) is 44.7 Å². The number of hydrogen-bond acceptors (Lipinski definition) is 5. The highest BCUT2D eigenvalue weighted by Crippen LogP contribution is 2.35. The summed E-state index contributed by atoms with van der Waals surface area (Å²) in [6.45, 7) is 3.22. The van der Waals surface area contributed by atoms with Crippen molar-refractivity contribution in [1.82, 2.24) is 0 Å². The van der Waals surface area contributed by atoms with Crippen LogP contribution in [0, 0.1) is 0 Å². The highest BCUT2D eigenvalue weighted by molar-refractivity contribution is 5.99.